The fourth-order valence-electron chi connectivity index (χ4n) is 3.72. The van der Waals surface area contributed by atoms with Crippen LogP contribution in [0.15, 0.2) is 82.3 Å². The van der Waals surface area contributed by atoms with Gasteiger partial charge in [0.25, 0.3) is 5.91 Å². The summed E-state index contributed by atoms with van der Waals surface area (Å²) in [6, 6.07) is 21.0. The lowest BCUT2D eigenvalue weighted by atomic mass is 9.91. The van der Waals surface area contributed by atoms with Crippen molar-refractivity contribution >= 4 is 27.7 Å². The van der Waals surface area contributed by atoms with E-state index in [1.165, 1.54) is 12.1 Å². The fourth-order valence-corrected chi connectivity index (χ4v) is 3.98. The molecule has 3 aromatic carbocycles. The Bertz CT molecular complexity index is 1190. The van der Waals surface area contributed by atoms with Gasteiger partial charge in [0.1, 0.15) is 18.2 Å². The molecule has 4 rings (SSSR count). The van der Waals surface area contributed by atoms with Crippen molar-refractivity contribution in [1.82, 2.24) is 10.9 Å². The highest BCUT2D eigenvalue weighted by Gasteiger charge is 2.44. The van der Waals surface area contributed by atoms with Crippen LogP contribution in [0.3, 0.4) is 0 Å². The number of hydrogen-bond acceptors (Lipinski definition) is 6. The van der Waals surface area contributed by atoms with E-state index in [1.54, 1.807) is 24.3 Å². The third-order valence-corrected chi connectivity index (χ3v) is 6.20. The molecule has 1 amide bonds. The van der Waals surface area contributed by atoms with E-state index in [0.29, 0.717) is 37.6 Å². The van der Waals surface area contributed by atoms with Crippen molar-refractivity contribution in [2.24, 2.45) is 4.99 Å². The van der Waals surface area contributed by atoms with E-state index in [4.69, 9.17) is 19.6 Å². The summed E-state index contributed by atoms with van der Waals surface area (Å²) >= 11 is 3.44. The molecule has 0 spiro atoms. The molecule has 1 aliphatic rings. The SMILES string of the molecule is O=C(NNCc1ccc(F)cc1)[C@]1(Cc2ccc(Br)cc2)COC(c2ccc(OCCCO)cc2)=N1. The summed E-state index contributed by atoms with van der Waals surface area (Å²) in [5.41, 5.74) is 6.99. The standard InChI is InChI=1S/C27H27BrFN3O4/c28-22-8-2-19(3-9-22)16-27(26(34)32-30-17-20-4-10-23(29)11-5-20)18-36-25(31-27)21-6-12-24(13-7-21)35-15-1-14-33/h2-13,30,33H,1,14-18H2,(H,32,34)/t27-/m0/s1. The van der Waals surface area contributed by atoms with Gasteiger partial charge in [0.2, 0.25) is 5.90 Å². The zero-order chi connectivity index (χ0) is 25.4. The molecule has 0 aromatic heterocycles. The van der Waals surface area contributed by atoms with E-state index >= 15 is 0 Å². The van der Waals surface area contributed by atoms with Crippen molar-refractivity contribution in [3.63, 3.8) is 0 Å². The van der Waals surface area contributed by atoms with E-state index in [0.717, 1.165) is 21.2 Å². The molecule has 1 heterocycles. The summed E-state index contributed by atoms with van der Waals surface area (Å²) in [5.74, 6) is 0.412. The lowest BCUT2D eigenvalue weighted by Gasteiger charge is -2.23. The second kappa shape index (κ2) is 12.1. The first-order valence-corrected chi connectivity index (χ1v) is 12.4. The summed E-state index contributed by atoms with van der Waals surface area (Å²) < 4.78 is 25.6. The Labute approximate surface area is 217 Å². The number of aliphatic hydroxyl groups is 1. The number of carbonyl (C=O) groups excluding carboxylic acids is 1. The monoisotopic (exact) mass is 555 g/mol. The average molecular weight is 556 g/mol. The fraction of sp³-hybridized carbons (Fsp3) is 0.259. The number of benzene rings is 3. The third kappa shape index (κ3) is 6.69. The van der Waals surface area contributed by atoms with Gasteiger partial charge in [-0.15, -0.1) is 0 Å². The second-order valence-electron chi connectivity index (χ2n) is 8.42. The summed E-state index contributed by atoms with van der Waals surface area (Å²) in [4.78, 5) is 18.1. The number of hydrogen-bond donors (Lipinski definition) is 3. The number of ether oxygens (including phenoxy) is 2. The Morgan fingerprint density at radius 2 is 1.75 bits per heavy atom. The predicted molar refractivity (Wildman–Crippen MR) is 138 cm³/mol. The molecule has 9 heteroatoms. The van der Waals surface area contributed by atoms with Crippen LogP contribution in [0.5, 0.6) is 5.75 Å². The Kier molecular flexibility index (Phi) is 8.69. The van der Waals surface area contributed by atoms with Crippen LogP contribution in [0.4, 0.5) is 4.39 Å². The van der Waals surface area contributed by atoms with Crippen molar-refractivity contribution in [2.45, 2.75) is 24.9 Å². The number of halogens is 2. The maximum absolute atomic E-state index is 13.4. The number of amides is 1. The van der Waals surface area contributed by atoms with Gasteiger partial charge in [-0.3, -0.25) is 10.2 Å². The van der Waals surface area contributed by atoms with Gasteiger partial charge in [-0.25, -0.2) is 14.8 Å². The second-order valence-corrected chi connectivity index (χ2v) is 9.34. The average Bonchev–Trinajstić information content (AvgIpc) is 3.32. The number of carbonyl (C=O) groups is 1. The van der Waals surface area contributed by atoms with Gasteiger partial charge in [-0.1, -0.05) is 40.2 Å². The van der Waals surface area contributed by atoms with E-state index in [9.17, 15) is 9.18 Å². The van der Waals surface area contributed by atoms with Gasteiger partial charge < -0.3 is 14.6 Å². The first-order chi connectivity index (χ1) is 17.5. The van der Waals surface area contributed by atoms with Crippen LogP contribution in [0.1, 0.15) is 23.1 Å². The minimum absolute atomic E-state index is 0.0734. The Hall–Kier alpha value is -3.27. The van der Waals surface area contributed by atoms with Crippen molar-refractivity contribution < 1.29 is 23.8 Å². The van der Waals surface area contributed by atoms with Gasteiger partial charge in [-0.05, 0) is 59.7 Å². The van der Waals surface area contributed by atoms with Gasteiger partial charge >= 0.3 is 0 Å². The molecule has 188 valence electrons. The molecule has 0 aliphatic carbocycles. The van der Waals surface area contributed by atoms with Gasteiger partial charge in [0, 0.05) is 36.0 Å². The van der Waals surface area contributed by atoms with Crippen molar-refractivity contribution in [2.75, 3.05) is 19.8 Å². The maximum atomic E-state index is 13.4. The van der Waals surface area contributed by atoms with E-state index < -0.39 is 5.54 Å². The molecule has 3 N–H and O–H groups in total. The maximum Gasteiger partial charge on any atom is 0.266 e. The van der Waals surface area contributed by atoms with E-state index in [1.807, 2.05) is 36.4 Å². The van der Waals surface area contributed by atoms with E-state index in [-0.39, 0.29) is 24.9 Å². The molecule has 36 heavy (non-hydrogen) atoms. The number of aliphatic imine (C=N–C) groups is 1. The third-order valence-electron chi connectivity index (χ3n) is 5.68. The van der Waals surface area contributed by atoms with Gasteiger partial charge in [0.05, 0.1) is 6.61 Å². The number of nitrogens with zero attached hydrogens (tertiary/aromatic N) is 1. The zero-order valence-electron chi connectivity index (χ0n) is 19.5. The highest BCUT2D eigenvalue weighted by molar-refractivity contribution is 9.10. The minimum Gasteiger partial charge on any atom is -0.494 e. The first-order valence-electron chi connectivity index (χ1n) is 11.6. The number of nitrogens with one attached hydrogen (secondary N) is 2. The summed E-state index contributed by atoms with van der Waals surface area (Å²) in [5, 5.41) is 8.90. The minimum atomic E-state index is -1.17. The quantitative estimate of drug-likeness (QED) is 0.246. The summed E-state index contributed by atoms with van der Waals surface area (Å²) in [6.07, 6.45) is 0.899. The van der Waals surface area contributed by atoms with Crippen LogP contribution in [-0.2, 0) is 22.5 Å². The Morgan fingerprint density at radius 1 is 1.06 bits per heavy atom. The van der Waals surface area contributed by atoms with Crippen LogP contribution in [0, 0.1) is 5.82 Å². The normalized spacial score (nSPS) is 16.8. The van der Waals surface area contributed by atoms with Crippen LogP contribution in [0.2, 0.25) is 0 Å². The molecule has 0 unspecified atom stereocenters. The Morgan fingerprint density at radius 3 is 2.44 bits per heavy atom. The summed E-state index contributed by atoms with van der Waals surface area (Å²) in [6.45, 7) is 0.908. The molecule has 7 nitrogen and oxygen atoms in total. The topological polar surface area (TPSA) is 92.2 Å². The molecule has 0 fully saturated rings. The molecule has 1 aliphatic heterocycles. The molecular formula is C27H27BrFN3O4. The number of hydrazine groups is 1. The predicted octanol–water partition coefficient (Wildman–Crippen LogP) is 3.93. The molecule has 0 bridgehead atoms. The smallest absolute Gasteiger partial charge is 0.266 e. The largest absolute Gasteiger partial charge is 0.494 e. The summed E-state index contributed by atoms with van der Waals surface area (Å²) in [7, 11) is 0. The number of rotatable bonds is 11. The van der Waals surface area contributed by atoms with Crippen LogP contribution in [0.25, 0.3) is 0 Å². The lowest BCUT2D eigenvalue weighted by molar-refractivity contribution is -0.127. The Balaban J connectivity index is 1.50. The lowest BCUT2D eigenvalue weighted by Crippen LogP contribution is -2.52. The van der Waals surface area contributed by atoms with E-state index in [2.05, 4.69) is 26.8 Å². The molecule has 0 radical (unpaired) electrons. The van der Waals surface area contributed by atoms with Gasteiger partial charge in [-0.2, -0.15) is 0 Å². The molecule has 3 aromatic rings. The van der Waals surface area contributed by atoms with Crippen LogP contribution >= 0.6 is 15.9 Å². The van der Waals surface area contributed by atoms with Gasteiger partial charge in [0.15, 0.2) is 5.54 Å². The number of aliphatic hydroxyl groups excluding tert-OH is 1. The molecule has 0 saturated carbocycles. The highest BCUT2D eigenvalue weighted by Crippen LogP contribution is 2.28. The molecule has 0 saturated heterocycles. The zero-order valence-corrected chi connectivity index (χ0v) is 21.1. The highest BCUT2D eigenvalue weighted by atomic mass is 79.9. The molecule has 1 atom stereocenters. The molecular weight excluding hydrogens is 529 g/mol. The van der Waals surface area contributed by atoms with Crippen molar-refractivity contribution in [1.29, 1.82) is 0 Å². The van der Waals surface area contributed by atoms with Crippen LogP contribution < -0.4 is 15.6 Å². The van der Waals surface area contributed by atoms with Crippen molar-refractivity contribution in [3.8, 4) is 5.75 Å². The van der Waals surface area contributed by atoms with Crippen LogP contribution in [-0.4, -0.2) is 42.3 Å². The van der Waals surface area contributed by atoms with Crippen molar-refractivity contribution in [3.05, 3.63) is 99.8 Å². The first kappa shape index (κ1) is 25.8.